The fourth-order valence-corrected chi connectivity index (χ4v) is 3.08. The Balaban J connectivity index is 1.84. The lowest BCUT2D eigenvalue weighted by atomic mass is 10.1. The standard InChI is InChI=1S/C21H33F3N4O2/c1-3-25-20(26-8-4-5-9-28-10-12-29-13-11-28)27-15-18-7-6-17(2)14-19(18)30-16-21(22,23)24/h6-7,14H,3-5,8-13,15-16H2,1-2H3,(H2,25,26,27). The number of rotatable bonds is 10. The van der Waals surface area contributed by atoms with Crippen molar-refractivity contribution < 1.29 is 22.6 Å². The van der Waals surface area contributed by atoms with Crippen LogP contribution in [0, 0.1) is 6.92 Å². The summed E-state index contributed by atoms with van der Waals surface area (Å²) >= 11 is 0. The van der Waals surface area contributed by atoms with Crippen LogP contribution < -0.4 is 15.4 Å². The predicted octanol–water partition coefficient (Wildman–Crippen LogP) is 3.10. The molecule has 0 atom stereocenters. The molecule has 0 bridgehead atoms. The van der Waals surface area contributed by atoms with Crippen molar-refractivity contribution in [2.75, 3.05) is 52.5 Å². The Kier molecular flexibility index (Phi) is 10.2. The van der Waals surface area contributed by atoms with E-state index in [1.165, 1.54) is 0 Å². The number of nitrogens with zero attached hydrogens (tertiary/aromatic N) is 2. The van der Waals surface area contributed by atoms with Crippen LogP contribution in [0.1, 0.15) is 30.9 Å². The molecule has 0 amide bonds. The number of ether oxygens (including phenoxy) is 2. The minimum atomic E-state index is -4.37. The number of hydrogen-bond acceptors (Lipinski definition) is 4. The van der Waals surface area contributed by atoms with Crippen molar-refractivity contribution in [3.63, 3.8) is 0 Å². The number of benzene rings is 1. The third-order valence-corrected chi connectivity index (χ3v) is 4.66. The van der Waals surface area contributed by atoms with E-state index in [0.717, 1.165) is 57.8 Å². The van der Waals surface area contributed by atoms with E-state index in [2.05, 4.69) is 20.5 Å². The summed E-state index contributed by atoms with van der Waals surface area (Å²) in [4.78, 5) is 6.92. The van der Waals surface area contributed by atoms with Gasteiger partial charge in [-0.2, -0.15) is 13.2 Å². The normalized spacial score (nSPS) is 15.8. The molecule has 0 saturated carbocycles. The van der Waals surface area contributed by atoms with Crippen molar-refractivity contribution in [1.82, 2.24) is 15.5 Å². The Labute approximate surface area is 176 Å². The van der Waals surface area contributed by atoms with E-state index in [4.69, 9.17) is 9.47 Å². The predicted molar refractivity (Wildman–Crippen MR) is 112 cm³/mol. The number of unbranched alkanes of at least 4 members (excludes halogenated alkanes) is 1. The molecule has 2 rings (SSSR count). The molecule has 170 valence electrons. The molecule has 0 aliphatic carbocycles. The van der Waals surface area contributed by atoms with Crippen LogP contribution in [0.4, 0.5) is 13.2 Å². The fourth-order valence-electron chi connectivity index (χ4n) is 3.08. The summed E-state index contributed by atoms with van der Waals surface area (Å²) in [6, 6.07) is 5.22. The van der Waals surface area contributed by atoms with E-state index in [0.29, 0.717) is 18.1 Å². The van der Waals surface area contributed by atoms with Gasteiger partial charge in [-0.3, -0.25) is 4.90 Å². The maximum atomic E-state index is 12.5. The molecule has 1 aromatic rings. The Bertz CT molecular complexity index is 662. The summed E-state index contributed by atoms with van der Waals surface area (Å²) in [5, 5.41) is 6.46. The van der Waals surface area contributed by atoms with Crippen molar-refractivity contribution in [1.29, 1.82) is 0 Å². The second-order valence-electron chi connectivity index (χ2n) is 7.30. The zero-order valence-corrected chi connectivity index (χ0v) is 17.9. The number of aliphatic imine (C=N–C) groups is 1. The van der Waals surface area contributed by atoms with Crippen LogP contribution in [0.5, 0.6) is 5.75 Å². The Morgan fingerprint density at radius 1 is 1.20 bits per heavy atom. The molecule has 30 heavy (non-hydrogen) atoms. The number of morpholine rings is 1. The van der Waals surface area contributed by atoms with Crippen LogP contribution in [0.2, 0.25) is 0 Å². The highest BCUT2D eigenvalue weighted by Gasteiger charge is 2.28. The van der Waals surface area contributed by atoms with Gasteiger partial charge in [0.25, 0.3) is 0 Å². The van der Waals surface area contributed by atoms with E-state index in [1.54, 1.807) is 12.1 Å². The lowest BCUT2D eigenvalue weighted by Gasteiger charge is -2.26. The first-order chi connectivity index (χ1) is 14.4. The molecule has 1 aliphatic heterocycles. The molecule has 6 nitrogen and oxygen atoms in total. The Morgan fingerprint density at radius 3 is 2.67 bits per heavy atom. The zero-order chi connectivity index (χ0) is 21.8. The first-order valence-electron chi connectivity index (χ1n) is 10.5. The molecule has 0 aromatic heterocycles. The van der Waals surface area contributed by atoms with Crippen LogP contribution in [-0.2, 0) is 11.3 Å². The third kappa shape index (κ3) is 9.67. The van der Waals surface area contributed by atoms with Gasteiger partial charge < -0.3 is 20.1 Å². The van der Waals surface area contributed by atoms with E-state index in [9.17, 15) is 13.2 Å². The number of halogens is 3. The lowest BCUT2D eigenvalue weighted by Crippen LogP contribution is -2.39. The van der Waals surface area contributed by atoms with Gasteiger partial charge in [-0.15, -0.1) is 0 Å². The van der Waals surface area contributed by atoms with Gasteiger partial charge in [-0.25, -0.2) is 4.99 Å². The highest BCUT2D eigenvalue weighted by molar-refractivity contribution is 5.79. The van der Waals surface area contributed by atoms with Crippen molar-refractivity contribution in [3.05, 3.63) is 29.3 Å². The van der Waals surface area contributed by atoms with E-state index in [1.807, 2.05) is 19.9 Å². The van der Waals surface area contributed by atoms with Crippen LogP contribution >= 0.6 is 0 Å². The average Bonchev–Trinajstić information content (AvgIpc) is 2.71. The summed E-state index contributed by atoms with van der Waals surface area (Å²) in [6.07, 6.45) is -2.28. The molecule has 9 heteroatoms. The summed E-state index contributed by atoms with van der Waals surface area (Å²) in [5.74, 6) is 0.864. The second-order valence-corrected chi connectivity index (χ2v) is 7.30. The van der Waals surface area contributed by atoms with E-state index < -0.39 is 12.8 Å². The highest BCUT2D eigenvalue weighted by atomic mass is 19.4. The van der Waals surface area contributed by atoms with Gasteiger partial charge >= 0.3 is 6.18 Å². The van der Waals surface area contributed by atoms with Gasteiger partial charge in [-0.05, 0) is 44.9 Å². The number of guanidine groups is 1. The lowest BCUT2D eigenvalue weighted by molar-refractivity contribution is -0.153. The second kappa shape index (κ2) is 12.6. The van der Waals surface area contributed by atoms with Crippen LogP contribution in [0.3, 0.4) is 0 Å². The Morgan fingerprint density at radius 2 is 1.97 bits per heavy atom. The molecule has 0 unspecified atom stereocenters. The molecule has 1 fully saturated rings. The average molecular weight is 431 g/mol. The molecule has 2 N–H and O–H groups in total. The van der Waals surface area contributed by atoms with Crippen molar-refractivity contribution in [3.8, 4) is 5.75 Å². The summed E-state index contributed by atoms with van der Waals surface area (Å²) in [7, 11) is 0. The van der Waals surface area contributed by atoms with Gasteiger partial charge in [0.1, 0.15) is 5.75 Å². The summed E-state index contributed by atoms with van der Waals surface area (Å²) in [5.41, 5.74) is 1.46. The summed E-state index contributed by atoms with van der Waals surface area (Å²) < 4.78 is 47.9. The van der Waals surface area contributed by atoms with Crippen molar-refractivity contribution in [2.45, 2.75) is 39.4 Å². The molecular weight excluding hydrogens is 397 g/mol. The molecule has 1 heterocycles. The maximum Gasteiger partial charge on any atom is 0.422 e. The van der Waals surface area contributed by atoms with Gasteiger partial charge in [-0.1, -0.05) is 12.1 Å². The molecule has 0 radical (unpaired) electrons. The minimum absolute atomic E-state index is 0.220. The monoisotopic (exact) mass is 430 g/mol. The van der Waals surface area contributed by atoms with Gasteiger partial charge in [0.2, 0.25) is 0 Å². The largest absolute Gasteiger partial charge is 0.484 e. The molecule has 1 aliphatic rings. The van der Waals surface area contributed by atoms with Gasteiger partial charge in [0, 0.05) is 31.7 Å². The van der Waals surface area contributed by atoms with Crippen molar-refractivity contribution >= 4 is 5.96 Å². The van der Waals surface area contributed by atoms with E-state index >= 15 is 0 Å². The number of hydrogen-bond donors (Lipinski definition) is 2. The maximum absolute atomic E-state index is 12.5. The topological polar surface area (TPSA) is 58.1 Å². The number of nitrogens with one attached hydrogen (secondary N) is 2. The molecular formula is C21H33F3N4O2. The molecule has 0 spiro atoms. The molecule has 1 aromatic carbocycles. The van der Waals surface area contributed by atoms with Crippen LogP contribution in [0.25, 0.3) is 0 Å². The smallest absolute Gasteiger partial charge is 0.422 e. The SMILES string of the molecule is CCNC(=NCc1ccc(C)cc1OCC(F)(F)F)NCCCCN1CCOCC1. The fraction of sp³-hybridized carbons (Fsp3) is 0.667. The van der Waals surface area contributed by atoms with Crippen LogP contribution in [-0.4, -0.2) is 69.6 Å². The summed E-state index contributed by atoms with van der Waals surface area (Å²) in [6.45, 7) is 8.85. The quantitative estimate of drug-likeness (QED) is 0.339. The van der Waals surface area contributed by atoms with Crippen LogP contribution in [0.15, 0.2) is 23.2 Å². The first-order valence-corrected chi connectivity index (χ1v) is 10.5. The first kappa shape index (κ1) is 24.3. The van der Waals surface area contributed by atoms with E-state index in [-0.39, 0.29) is 12.3 Å². The van der Waals surface area contributed by atoms with Gasteiger partial charge in [0.05, 0.1) is 19.8 Å². The molecule has 1 saturated heterocycles. The number of aryl methyl sites for hydroxylation is 1. The van der Waals surface area contributed by atoms with Gasteiger partial charge in [0.15, 0.2) is 12.6 Å². The highest BCUT2D eigenvalue weighted by Crippen LogP contribution is 2.24. The zero-order valence-electron chi connectivity index (χ0n) is 17.9. The Hall–Kier alpha value is -2.00. The van der Waals surface area contributed by atoms with Crippen molar-refractivity contribution in [2.24, 2.45) is 4.99 Å². The number of alkyl halides is 3. The third-order valence-electron chi connectivity index (χ3n) is 4.66. The minimum Gasteiger partial charge on any atom is -0.484 e.